The molecular weight excluding hydrogens is 196 g/mol. The summed E-state index contributed by atoms with van der Waals surface area (Å²) in [5, 5.41) is -0.183. The Hall–Kier alpha value is -0.560. The van der Waals surface area contributed by atoms with Crippen molar-refractivity contribution in [1.82, 2.24) is 0 Å². The second-order valence-corrected chi connectivity index (χ2v) is 4.06. The minimum Gasteiger partial charge on any atom is -0.281 e. The van der Waals surface area contributed by atoms with Gasteiger partial charge in [-0.2, -0.15) is 0 Å². The van der Waals surface area contributed by atoms with E-state index in [9.17, 15) is 4.79 Å². The lowest BCUT2D eigenvalue weighted by atomic mass is 9.99. The molecule has 0 spiro atoms. The standard InChI is InChI=1S/C12H17ClO/c13-12(14)11-9-7-5-3-1-2-4-6-8-10-11/h1,3,6,8,11H,2,4-5,7,9-10H2/b3-1-,8-6-. The molecule has 0 saturated carbocycles. The van der Waals surface area contributed by atoms with Crippen LogP contribution >= 0.6 is 11.6 Å². The molecule has 0 N–H and O–H groups in total. The van der Waals surface area contributed by atoms with E-state index in [0.29, 0.717) is 0 Å². The summed E-state index contributed by atoms with van der Waals surface area (Å²) in [4.78, 5) is 11.1. The molecular formula is C12H17ClO. The summed E-state index contributed by atoms with van der Waals surface area (Å²) in [7, 11) is 0. The lowest BCUT2D eigenvalue weighted by Gasteiger charge is -2.08. The third-order valence-corrected chi connectivity index (χ3v) is 2.81. The highest BCUT2D eigenvalue weighted by atomic mass is 35.5. The summed E-state index contributed by atoms with van der Waals surface area (Å²) in [6.45, 7) is 0. The van der Waals surface area contributed by atoms with Gasteiger partial charge in [-0.15, -0.1) is 0 Å². The molecule has 1 nitrogen and oxygen atoms in total. The van der Waals surface area contributed by atoms with Gasteiger partial charge in [0.2, 0.25) is 5.24 Å². The smallest absolute Gasteiger partial charge is 0.225 e. The Balaban J connectivity index is 2.48. The van der Waals surface area contributed by atoms with Crippen molar-refractivity contribution in [2.45, 2.75) is 38.5 Å². The zero-order chi connectivity index (χ0) is 10.2. The highest BCUT2D eigenvalue weighted by Crippen LogP contribution is 2.18. The quantitative estimate of drug-likeness (QED) is 0.477. The van der Waals surface area contributed by atoms with Crippen LogP contribution in [0.1, 0.15) is 38.5 Å². The first-order chi connectivity index (χ1) is 6.80. The molecule has 2 heteroatoms. The van der Waals surface area contributed by atoms with Crippen LogP contribution in [-0.2, 0) is 4.79 Å². The van der Waals surface area contributed by atoms with E-state index in [1.165, 1.54) is 0 Å². The Morgan fingerprint density at radius 3 is 2.43 bits per heavy atom. The molecule has 0 aromatic heterocycles. The second kappa shape index (κ2) is 6.83. The van der Waals surface area contributed by atoms with Crippen LogP contribution in [0.3, 0.4) is 0 Å². The molecule has 0 bridgehead atoms. The van der Waals surface area contributed by atoms with Gasteiger partial charge in [-0.05, 0) is 50.1 Å². The zero-order valence-corrected chi connectivity index (χ0v) is 9.17. The van der Waals surface area contributed by atoms with Crippen molar-refractivity contribution >= 4 is 16.8 Å². The Kier molecular flexibility index (Phi) is 5.62. The van der Waals surface area contributed by atoms with Crippen molar-refractivity contribution in [3.8, 4) is 0 Å². The molecule has 1 aliphatic rings. The largest absolute Gasteiger partial charge is 0.281 e. The molecule has 1 unspecified atom stereocenters. The van der Waals surface area contributed by atoms with Gasteiger partial charge in [-0.1, -0.05) is 24.3 Å². The van der Waals surface area contributed by atoms with Crippen LogP contribution in [0.15, 0.2) is 24.3 Å². The van der Waals surface area contributed by atoms with Gasteiger partial charge in [0.25, 0.3) is 0 Å². The van der Waals surface area contributed by atoms with Crippen molar-refractivity contribution in [3.63, 3.8) is 0 Å². The highest BCUT2D eigenvalue weighted by molar-refractivity contribution is 6.63. The molecule has 1 aliphatic carbocycles. The molecule has 0 aromatic carbocycles. The molecule has 0 aliphatic heterocycles. The molecule has 1 atom stereocenters. The van der Waals surface area contributed by atoms with E-state index in [1.54, 1.807) is 0 Å². The van der Waals surface area contributed by atoms with Crippen LogP contribution in [0.4, 0.5) is 0 Å². The fourth-order valence-corrected chi connectivity index (χ4v) is 1.81. The van der Waals surface area contributed by atoms with Crippen molar-refractivity contribution in [3.05, 3.63) is 24.3 Å². The van der Waals surface area contributed by atoms with Crippen molar-refractivity contribution in [2.24, 2.45) is 5.92 Å². The van der Waals surface area contributed by atoms with Gasteiger partial charge in [0.05, 0.1) is 0 Å². The first kappa shape index (κ1) is 11.5. The van der Waals surface area contributed by atoms with Gasteiger partial charge < -0.3 is 0 Å². The molecule has 78 valence electrons. The monoisotopic (exact) mass is 212 g/mol. The maximum absolute atomic E-state index is 11.1. The maximum atomic E-state index is 11.1. The second-order valence-electron chi connectivity index (χ2n) is 3.69. The van der Waals surface area contributed by atoms with Gasteiger partial charge in [-0.3, -0.25) is 4.79 Å². The van der Waals surface area contributed by atoms with Crippen LogP contribution in [0, 0.1) is 5.92 Å². The summed E-state index contributed by atoms with van der Waals surface area (Å²) in [6.07, 6.45) is 14.7. The van der Waals surface area contributed by atoms with E-state index >= 15 is 0 Å². The maximum Gasteiger partial charge on any atom is 0.225 e. The molecule has 0 heterocycles. The average Bonchev–Trinajstić information content (AvgIpc) is 2.21. The van der Waals surface area contributed by atoms with Crippen molar-refractivity contribution in [1.29, 1.82) is 0 Å². The van der Waals surface area contributed by atoms with Crippen LogP contribution in [0.5, 0.6) is 0 Å². The average molecular weight is 213 g/mol. The van der Waals surface area contributed by atoms with Crippen LogP contribution in [0.2, 0.25) is 0 Å². The van der Waals surface area contributed by atoms with Crippen LogP contribution in [0.25, 0.3) is 0 Å². The Morgan fingerprint density at radius 1 is 1.07 bits per heavy atom. The Bertz CT molecular complexity index is 230. The fraction of sp³-hybridized carbons (Fsp3) is 0.583. The predicted molar refractivity (Wildman–Crippen MR) is 60.3 cm³/mol. The summed E-state index contributed by atoms with van der Waals surface area (Å²) in [5.74, 6) is 0.0272. The van der Waals surface area contributed by atoms with Crippen LogP contribution in [-0.4, -0.2) is 5.24 Å². The van der Waals surface area contributed by atoms with E-state index in [2.05, 4.69) is 24.3 Å². The number of carbonyl (C=O) groups is 1. The Morgan fingerprint density at radius 2 is 1.71 bits per heavy atom. The van der Waals surface area contributed by atoms with Gasteiger partial charge in [0.1, 0.15) is 0 Å². The Labute approximate surface area is 90.8 Å². The highest BCUT2D eigenvalue weighted by Gasteiger charge is 2.13. The van der Waals surface area contributed by atoms with E-state index in [-0.39, 0.29) is 11.2 Å². The topological polar surface area (TPSA) is 17.1 Å². The molecule has 0 amide bonds. The first-order valence-electron chi connectivity index (χ1n) is 5.30. The summed E-state index contributed by atoms with van der Waals surface area (Å²) >= 11 is 5.53. The summed E-state index contributed by atoms with van der Waals surface area (Å²) in [5.41, 5.74) is 0. The molecule has 0 saturated heterocycles. The lowest BCUT2D eigenvalue weighted by molar-refractivity contribution is -0.115. The fourth-order valence-electron chi connectivity index (χ4n) is 1.61. The minimum absolute atomic E-state index is 0.0272. The molecule has 0 fully saturated rings. The third kappa shape index (κ3) is 4.61. The number of halogens is 1. The summed E-state index contributed by atoms with van der Waals surface area (Å²) < 4.78 is 0. The molecule has 14 heavy (non-hydrogen) atoms. The predicted octanol–water partition coefficient (Wildman–Crippen LogP) is 3.83. The SMILES string of the molecule is O=C(Cl)C1C/C=C\CC/C=C\CCC1. The first-order valence-corrected chi connectivity index (χ1v) is 5.68. The van der Waals surface area contributed by atoms with Gasteiger partial charge in [-0.25, -0.2) is 0 Å². The number of hydrogen-bond acceptors (Lipinski definition) is 1. The number of hydrogen-bond donors (Lipinski definition) is 0. The minimum atomic E-state index is -0.183. The van der Waals surface area contributed by atoms with Gasteiger partial charge in [0, 0.05) is 5.92 Å². The van der Waals surface area contributed by atoms with Gasteiger partial charge in [0.15, 0.2) is 0 Å². The van der Waals surface area contributed by atoms with Gasteiger partial charge >= 0.3 is 0 Å². The normalized spacial score (nSPS) is 28.8. The third-order valence-electron chi connectivity index (χ3n) is 2.50. The molecule has 0 aromatic rings. The number of allylic oxidation sites excluding steroid dienone is 4. The zero-order valence-electron chi connectivity index (χ0n) is 8.42. The molecule has 0 radical (unpaired) electrons. The van der Waals surface area contributed by atoms with E-state index < -0.39 is 0 Å². The van der Waals surface area contributed by atoms with Crippen molar-refractivity contribution in [2.75, 3.05) is 0 Å². The van der Waals surface area contributed by atoms with Crippen molar-refractivity contribution < 1.29 is 4.79 Å². The van der Waals surface area contributed by atoms with E-state index in [0.717, 1.165) is 38.5 Å². The molecule has 1 rings (SSSR count). The summed E-state index contributed by atoms with van der Waals surface area (Å²) in [6, 6.07) is 0. The van der Waals surface area contributed by atoms with E-state index in [4.69, 9.17) is 11.6 Å². The lowest BCUT2D eigenvalue weighted by Crippen LogP contribution is -2.07. The van der Waals surface area contributed by atoms with Crippen LogP contribution < -0.4 is 0 Å². The number of carbonyl (C=O) groups excluding carboxylic acids is 1. The number of rotatable bonds is 1. The van der Waals surface area contributed by atoms with E-state index in [1.807, 2.05) is 0 Å².